The average Bonchev–Trinajstić information content (AvgIpc) is 3.15. The van der Waals surface area contributed by atoms with Crippen LogP contribution in [0.2, 0.25) is 0 Å². The molecule has 0 aliphatic carbocycles. The molecule has 0 saturated carbocycles. The average molecular weight is 429 g/mol. The zero-order valence-corrected chi connectivity index (χ0v) is 17.8. The molecule has 1 amide bonds. The smallest absolute Gasteiger partial charge is 0.408 e. The van der Waals surface area contributed by atoms with Crippen LogP contribution < -0.4 is 5.76 Å². The fourth-order valence-corrected chi connectivity index (χ4v) is 4.33. The van der Waals surface area contributed by atoms with Gasteiger partial charge in [-0.2, -0.15) is 0 Å². The number of aromatic nitrogens is 4. The third kappa shape index (κ3) is 3.79. The van der Waals surface area contributed by atoms with Crippen LogP contribution in [-0.4, -0.2) is 43.4 Å². The van der Waals surface area contributed by atoms with Crippen molar-refractivity contribution in [3.63, 3.8) is 0 Å². The number of hydrogen-bond acceptors (Lipinski definition) is 6. The van der Waals surface area contributed by atoms with Crippen molar-refractivity contribution in [1.82, 2.24) is 24.4 Å². The predicted octanol–water partition coefficient (Wildman–Crippen LogP) is 3.16. The Morgan fingerprint density at radius 2 is 2.06 bits per heavy atom. The minimum Gasteiger partial charge on any atom is -0.408 e. The minimum absolute atomic E-state index is 0.0355. The number of aryl methyl sites for hydroxylation is 1. The van der Waals surface area contributed by atoms with E-state index in [9.17, 15) is 9.59 Å². The summed E-state index contributed by atoms with van der Waals surface area (Å²) in [5, 5.41) is 0. The molecule has 1 aromatic carbocycles. The quantitative estimate of drug-likeness (QED) is 0.495. The molecular formula is C24H23N5O3. The molecule has 5 rings (SSSR count). The van der Waals surface area contributed by atoms with Gasteiger partial charge in [-0.05, 0) is 49.6 Å². The Balaban J connectivity index is 1.37. The number of amides is 1. The molecule has 8 nitrogen and oxygen atoms in total. The van der Waals surface area contributed by atoms with Crippen LogP contribution in [0.4, 0.5) is 0 Å². The lowest BCUT2D eigenvalue weighted by Gasteiger charge is -2.33. The summed E-state index contributed by atoms with van der Waals surface area (Å²) in [6.45, 7) is 3.19. The highest BCUT2D eigenvalue weighted by molar-refractivity contribution is 5.79. The van der Waals surface area contributed by atoms with Gasteiger partial charge in [0, 0.05) is 43.2 Å². The molecule has 0 unspecified atom stereocenters. The number of piperidine rings is 1. The van der Waals surface area contributed by atoms with Gasteiger partial charge in [-0.25, -0.2) is 14.8 Å². The predicted molar refractivity (Wildman–Crippen MR) is 119 cm³/mol. The molecule has 4 heterocycles. The van der Waals surface area contributed by atoms with Gasteiger partial charge in [0.15, 0.2) is 11.4 Å². The van der Waals surface area contributed by atoms with E-state index >= 15 is 0 Å². The lowest BCUT2D eigenvalue weighted by atomic mass is 9.92. The Morgan fingerprint density at radius 1 is 1.19 bits per heavy atom. The third-order valence-corrected chi connectivity index (χ3v) is 5.96. The van der Waals surface area contributed by atoms with Crippen LogP contribution in [0.15, 0.2) is 64.2 Å². The number of para-hydroxylation sites is 2. The number of pyridine rings is 1. The number of benzene rings is 1. The van der Waals surface area contributed by atoms with Crippen LogP contribution in [0.25, 0.3) is 22.5 Å². The van der Waals surface area contributed by atoms with E-state index in [2.05, 4.69) is 9.97 Å². The first-order valence-corrected chi connectivity index (χ1v) is 10.7. The van der Waals surface area contributed by atoms with Gasteiger partial charge >= 0.3 is 5.76 Å². The molecular weight excluding hydrogens is 406 g/mol. The Hall–Kier alpha value is -3.81. The van der Waals surface area contributed by atoms with Gasteiger partial charge in [0.05, 0.1) is 11.2 Å². The van der Waals surface area contributed by atoms with Crippen molar-refractivity contribution in [2.75, 3.05) is 13.1 Å². The van der Waals surface area contributed by atoms with Crippen LogP contribution in [0.3, 0.4) is 0 Å². The molecule has 1 aliphatic heterocycles. The molecule has 162 valence electrons. The van der Waals surface area contributed by atoms with Gasteiger partial charge in [-0.15, -0.1) is 0 Å². The van der Waals surface area contributed by atoms with Crippen molar-refractivity contribution < 1.29 is 9.21 Å². The van der Waals surface area contributed by atoms with E-state index in [-0.39, 0.29) is 18.4 Å². The Morgan fingerprint density at radius 3 is 2.91 bits per heavy atom. The summed E-state index contributed by atoms with van der Waals surface area (Å²) < 4.78 is 6.66. The number of hydrogen-bond donors (Lipinski definition) is 0. The van der Waals surface area contributed by atoms with Crippen molar-refractivity contribution in [3.8, 4) is 11.4 Å². The molecule has 0 bridgehead atoms. The second-order valence-electron chi connectivity index (χ2n) is 8.10. The number of carbonyl (C=O) groups is 1. The highest BCUT2D eigenvalue weighted by Crippen LogP contribution is 2.29. The maximum Gasteiger partial charge on any atom is 0.420 e. The second kappa shape index (κ2) is 8.37. The Kier molecular flexibility index (Phi) is 5.26. The molecule has 0 radical (unpaired) electrons. The Labute approximate surface area is 184 Å². The molecule has 1 fully saturated rings. The number of likely N-dealkylation sites (tertiary alicyclic amines) is 1. The van der Waals surface area contributed by atoms with Gasteiger partial charge in [0.2, 0.25) is 5.91 Å². The molecule has 1 atom stereocenters. The van der Waals surface area contributed by atoms with Crippen molar-refractivity contribution in [2.45, 2.75) is 32.2 Å². The normalized spacial score (nSPS) is 16.4. The maximum absolute atomic E-state index is 13.1. The van der Waals surface area contributed by atoms with Gasteiger partial charge < -0.3 is 9.32 Å². The van der Waals surface area contributed by atoms with Crippen LogP contribution in [0.1, 0.15) is 30.0 Å². The third-order valence-electron chi connectivity index (χ3n) is 5.96. The van der Waals surface area contributed by atoms with Crippen LogP contribution in [0.5, 0.6) is 0 Å². The molecule has 1 saturated heterocycles. The van der Waals surface area contributed by atoms with E-state index in [4.69, 9.17) is 9.40 Å². The van der Waals surface area contributed by atoms with E-state index < -0.39 is 5.76 Å². The topological polar surface area (TPSA) is 94.1 Å². The first-order valence-electron chi connectivity index (χ1n) is 10.7. The summed E-state index contributed by atoms with van der Waals surface area (Å²) in [6.07, 6.45) is 7.13. The van der Waals surface area contributed by atoms with Crippen molar-refractivity contribution in [1.29, 1.82) is 0 Å². The number of oxazole rings is 1. The lowest BCUT2D eigenvalue weighted by molar-refractivity contribution is -0.133. The van der Waals surface area contributed by atoms with E-state index in [0.717, 1.165) is 29.7 Å². The van der Waals surface area contributed by atoms with Crippen molar-refractivity contribution in [2.24, 2.45) is 0 Å². The minimum atomic E-state index is -0.513. The fraction of sp³-hybridized carbons (Fsp3) is 0.292. The molecule has 32 heavy (non-hydrogen) atoms. The molecule has 1 aliphatic rings. The van der Waals surface area contributed by atoms with Crippen LogP contribution in [-0.2, 0) is 11.3 Å². The number of rotatable bonds is 4. The molecule has 3 aromatic heterocycles. The fourth-order valence-electron chi connectivity index (χ4n) is 4.33. The molecule has 0 N–H and O–H groups in total. The summed E-state index contributed by atoms with van der Waals surface area (Å²) in [7, 11) is 0. The van der Waals surface area contributed by atoms with Crippen molar-refractivity contribution >= 4 is 17.0 Å². The number of carbonyl (C=O) groups excluding carboxylic acids is 1. The van der Waals surface area contributed by atoms with Gasteiger partial charge in [-0.1, -0.05) is 12.1 Å². The molecule has 8 heteroatoms. The standard InChI is InChI=1S/C24H23N5O3/c1-16-12-26-23(17-6-4-10-25-13-17)27-22(16)18-7-5-11-28(14-18)21(30)15-29-19-8-2-3-9-20(19)32-24(29)31/h2-4,6,8-10,12-13,18H,5,7,11,14-15H2,1H3/t18-/m1/s1. The van der Waals surface area contributed by atoms with E-state index in [1.165, 1.54) is 4.57 Å². The monoisotopic (exact) mass is 429 g/mol. The lowest BCUT2D eigenvalue weighted by Crippen LogP contribution is -2.42. The van der Waals surface area contributed by atoms with E-state index in [1.807, 2.05) is 36.2 Å². The highest BCUT2D eigenvalue weighted by Gasteiger charge is 2.28. The number of fused-ring (bicyclic) bond motifs is 1. The summed E-state index contributed by atoms with van der Waals surface area (Å²) in [4.78, 5) is 40.6. The summed E-state index contributed by atoms with van der Waals surface area (Å²) in [5.41, 5.74) is 3.95. The molecule has 0 spiro atoms. The van der Waals surface area contributed by atoms with Crippen LogP contribution >= 0.6 is 0 Å². The second-order valence-corrected chi connectivity index (χ2v) is 8.10. The summed E-state index contributed by atoms with van der Waals surface area (Å²) in [5.74, 6) is 0.144. The zero-order chi connectivity index (χ0) is 22.1. The van der Waals surface area contributed by atoms with Gasteiger partial charge in [-0.3, -0.25) is 14.3 Å². The maximum atomic E-state index is 13.1. The first kappa shape index (κ1) is 20.1. The largest absolute Gasteiger partial charge is 0.420 e. The molecule has 4 aromatic rings. The van der Waals surface area contributed by atoms with Crippen molar-refractivity contribution in [3.05, 3.63) is 76.8 Å². The van der Waals surface area contributed by atoms with Gasteiger partial charge in [0.25, 0.3) is 0 Å². The van der Waals surface area contributed by atoms with E-state index in [1.54, 1.807) is 30.6 Å². The van der Waals surface area contributed by atoms with Gasteiger partial charge in [0.1, 0.15) is 6.54 Å². The zero-order valence-electron chi connectivity index (χ0n) is 17.8. The SMILES string of the molecule is Cc1cnc(-c2cccnc2)nc1[C@@H]1CCCN(C(=O)Cn2c(=O)oc3ccccc32)C1. The summed E-state index contributed by atoms with van der Waals surface area (Å²) >= 11 is 0. The highest BCUT2D eigenvalue weighted by atomic mass is 16.4. The first-order chi connectivity index (χ1) is 15.6. The summed E-state index contributed by atoms with van der Waals surface area (Å²) in [6, 6.07) is 10.9. The van der Waals surface area contributed by atoms with Crippen LogP contribution in [0, 0.1) is 6.92 Å². The number of nitrogens with zero attached hydrogens (tertiary/aromatic N) is 5. The van der Waals surface area contributed by atoms with E-state index in [0.29, 0.717) is 30.0 Å². The Bertz CT molecular complexity index is 1330.